The molecule has 0 bridgehead atoms. The Labute approximate surface area is 92.8 Å². The number of nitrogens with zero attached hydrogens (tertiary/aromatic N) is 4. The van der Waals surface area contributed by atoms with Crippen molar-refractivity contribution in [2.75, 3.05) is 11.9 Å². The summed E-state index contributed by atoms with van der Waals surface area (Å²) in [5, 5.41) is 0. The molecule has 2 aromatic rings. The molecular formula is C11H11FN4. The Bertz CT molecular complexity index is 466. The molecule has 16 heavy (non-hydrogen) atoms. The lowest BCUT2D eigenvalue weighted by Gasteiger charge is -2.16. The van der Waals surface area contributed by atoms with Crippen LogP contribution in [0.25, 0.3) is 0 Å². The van der Waals surface area contributed by atoms with Crippen molar-refractivity contribution in [1.82, 2.24) is 15.0 Å². The molecule has 0 unspecified atom stereocenters. The van der Waals surface area contributed by atoms with Gasteiger partial charge in [-0.1, -0.05) is 18.2 Å². The molecule has 82 valence electrons. The molecule has 0 fully saturated rings. The van der Waals surface area contributed by atoms with Crippen LogP contribution in [0.5, 0.6) is 0 Å². The van der Waals surface area contributed by atoms with E-state index in [9.17, 15) is 4.39 Å². The van der Waals surface area contributed by atoms with Gasteiger partial charge in [0.15, 0.2) is 0 Å². The third-order valence-corrected chi connectivity index (χ3v) is 2.15. The third kappa shape index (κ3) is 2.13. The van der Waals surface area contributed by atoms with E-state index in [1.807, 2.05) is 30.3 Å². The molecule has 0 aliphatic heterocycles. The molecule has 0 atom stereocenters. The maximum absolute atomic E-state index is 13.0. The summed E-state index contributed by atoms with van der Waals surface area (Å²) >= 11 is 0. The monoisotopic (exact) mass is 218 g/mol. The van der Waals surface area contributed by atoms with E-state index >= 15 is 0 Å². The SMILES string of the molecule is Cc1nc(F)nc(N(C)c2ccccc2)n1. The highest BCUT2D eigenvalue weighted by Gasteiger charge is 2.09. The van der Waals surface area contributed by atoms with Gasteiger partial charge in [-0.25, -0.2) is 0 Å². The second kappa shape index (κ2) is 4.22. The molecular weight excluding hydrogens is 207 g/mol. The predicted molar refractivity (Wildman–Crippen MR) is 59.0 cm³/mol. The molecule has 1 aromatic heterocycles. The van der Waals surface area contributed by atoms with Gasteiger partial charge >= 0.3 is 6.08 Å². The summed E-state index contributed by atoms with van der Waals surface area (Å²) in [5.41, 5.74) is 0.896. The van der Waals surface area contributed by atoms with Crippen molar-refractivity contribution in [3.63, 3.8) is 0 Å². The lowest BCUT2D eigenvalue weighted by molar-refractivity contribution is 0.527. The molecule has 5 heteroatoms. The van der Waals surface area contributed by atoms with Crippen LogP contribution >= 0.6 is 0 Å². The van der Waals surface area contributed by atoms with Crippen molar-refractivity contribution in [2.45, 2.75) is 6.92 Å². The second-order valence-electron chi connectivity index (χ2n) is 3.35. The van der Waals surface area contributed by atoms with Crippen molar-refractivity contribution in [3.05, 3.63) is 42.2 Å². The fourth-order valence-electron chi connectivity index (χ4n) is 1.35. The zero-order valence-corrected chi connectivity index (χ0v) is 9.05. The van der Waals surface area contributed by atoms with E-state index in [0.29, 0.717) is 11.8 Å². The Balaban J connectivity index is 2.37. The smallest absolute Gasteiger partial charge is 0.313 e. The highest BCUT2D eigenvalue weighted by molar-refractivity contribution is 5.55. The molecule has 0 spiro atoms. The summed E-state index contributed by atoms with van der Waals surface area (Å²) in [6, 6.07) is 9.51. The molecule has 0 aliphatic rings. The molecule has 0 amide bonds. The number of hydrogen-bond donors (Lipinski definition) is 0. The molecule has 2 rings (SSSR count). The summed E-state index contributed by atoms with van der Waals surface area (Å²) < 4.78 is 13.0. The summed E-state index contributed by atoms with van der Waals surface area (Å²) in [7, 11) is 1.78. The van der Waals surface area contributed by atoms with Crippen LogP contribution in [0.15, 0.2) is 30.3 Å². The topological polar surface area (TPSA) is 41.9 Å². The standard InChI is InChI=1S/C11H11FN4/c1-8-13-10(12)15-11(14-8)16(2)9-6-4-3-5-7-9/h3-7H,1-2H3. The number of aryl methyl sites for hydroxylation is 1. The first-order chi connectivity index (χ1) is 7.66. The molecule has 0 radical (unpaired) electrons. The van der Waals surface area contributed by atoms with E-state index < -0.39 is 6.08 Å². The van der Waals surface area contributed by atoms with E-state index in [2.05, 4.69) is 15.0 Å². The molecule has 1 heterocycles. The van der Waals surface area contributed by atoms with Gasteiger partial charge in [0.25, 0.3) is 0 Å². The minimum absolute atomic E-state index is 0.302. The van der Waals surface area contributed by atoms with Gasteiger partial charge in [0.1, 0.15) is 5.82 Å². The van der Waals surface area contributed by atoms with Crippen LogP contribution in [0.2, 0.25) is 0 Å². The first kappa shape index (κ1) is 10.5. The van der Waals surface area contributed by atoms with Gasteiger partial charge < -0.3 is 4.90 Å². The number of benzene rings is 1. The number of para-hydroxylation sites is 1. The number of anilines is 2. The van der Waals surface area contributed by atoms with Gasteiger partial charge in [-0.3, -0.25) is 0 Å². The zero-order chi connectivity index (χ0) is 11.5. The summed E-state index contributed by atoms with van der Waals surface area (Å²) in [6.45, 7) is 1.63. The van der Waals surface area contributed by atoms with E-state index in [4.69, 9.17) is 0 Å². The number of rotatable bonds is 2. The van der Waals surface area contributed by atoms with E-state index in [-0.39, 0.29) is 0 Å². The second-order valence-corrected chi connectivity index (χ2v) is 3.35. The summed E-state index contributed by atoms with van der Waals surface area (Å²) in [4.78, 5) is 12.9. The Morgan fingerprint density at radius 1 is 1.06 bits per heavy atom. The maximum atomic E-state index is 13.0. The van der Waals surface area contributed by atoms with Crippen LogP contribution in [0.3, 0.4) is 0 Å². The lowest BCUT2D eigenvalue weighted by Crippen LogP contribution is -2.15. The van der Waals surface area contributed by atoms with Crippen molar-refractivity contribution >= 4 is 11.6 Å². The maximum Gasteiger partial charge on any atom is 0.313 e. The van der Waals surface area contributed by atoms with E-state index in [1.165, 1.54) is 0 Å². The minimum Gasteiger partial charge on any atom is -0.313 e. The van der Waals surface area contributed by atoms with Gasteiger partial charge in [-0.2, -0.15) is 19.3 Å². The first-order valence-electron chi connectivity index (χ1n) is 4.84. The third-order valence-electron chi connectivity index (χ3n) is 2.15. The highest BCUT2D eigenvalue weighted by atomic mass is 19.1. The Hall–Kier alpha value is -2.04. The van der Waals surface area contributed by atoms with Crippen molar-refractivity contribution in [1.29, 1.82) is 0 Å². The largest absolute Gasteiger partial charge is 0.313 e. The summed E-state index contributed by atoms with van der Waals surface area (Å²) in [6.07, 6.45) is -0.759. The Kier molecular flexibility index (Phi) is 2.76. The van der Waals surface area contributed by atoms with Crippen LogP contribution in [-0.2, 0) is 0 Å². The van der Waals surface area contributed by atoms with Crippen LogP contribution in [0.4, 0.5) is 16.0 Å². The number of halogens is 1. The van der Waals surface area contributed by atoms with Gasteiger partial charge in [0.2, 0.25) is 5.95 Å². The highest BCUT2D eigenvalue weighted by Crippen LogP contribution is 2.18. The Morgan fingerprint density at radius 3 is 2.38 bits per heavy atom. The van der Waals surface area contributed by atoms with Gasteiger partial charge in [-0.15, -0.1) is 0 Å². The fraction of sp³-hybridized carbons (Fsp3) is 0.182. The van der Waals surface area contributed by atoms with Crippen LogP contribution in [0.1, 0.15) is 5.82 Å². The molecule has 0 N–H and O–H groups in total. The molecule has 0 saturated heterocycles. The zero-order valence-electron chi connectivity index (χ0n) is 9.05. The normalized spacial score (nSPS) is 10.2. The van der Waals surface area contributed by atoms with Crippen LogP contribution < -0.4 is 4.90 Å². The van der Waals surface area contributed by atoms with Crippen LogP contribution in [0, 0.1) is 13.0 Å². The molecule has 4 nitrogen and oxygen atoms in total. The lowest BCUT2D eigenvalue weighted by atomic mass is 10.3. The van der Waals surface area contributed by atoms with Crippen molar-refractivity contribution < 1.29 is 4.39 Å². The predicted octanol–water partition coefficient (Wildman–Crippen LogP) is 2.09. The molecule has 0 aliphatic carbocycles. The van der Waals surface area contributed by atoms with E-state index in [1.54, 1.807) is 18.9 Å². The van der Waals surface area contributed by atoms with E-state index in [0.717, 1.165) is 5.69 Å². The molecule has 1 aromatic carbocycles. The quantitative estimate of drug-likeness (QED) is 0.774. The average Bonchev–Trinajstić information content (AvgIpc) is 2.28. The van der Waals surface area contributed by atoms with Gasteiger partial charge in [-0.05, 0) is 19.1 Å². The Morgan fingerprint density at radius 2 is 1.75 bits per heavy atom. The van der Waals surface area contributed by atoms with Gasteiger partial charge in [0, 0.05) is 12.7 Å². The first-order valence-corrected chi connectivity index (χ1v) is 4.84. The fourth-order valence-corrected chi connectivity index (χ4v) is 1.35. The van der Waals surface area contributed by atoms with Gasteiger partial charge in [0.05, 0.1) is 0 Å². The number of aromatic nitrogens is 3. The molecule has 0 saturated carbocycles. The van der Waals surface area contributed by atoms with Crippen molar-refractivity contribution in [3.8, 4) is 0 Å². The van der Waals surface area contributed by atoms with Crippen LogP contribution in [-0.4, -0.2) is 22.0 Å². The average molecular weight is 218 g/mol. The summed E-state index contributed by atoms with van der Waals surface area (Å²) in [5.74, 6) is 0.668. The minimum atomic E-state index is -0.759. The van der Waals surface area contributed by atoms with Crippen molar-refractivity contribution in [2.24, 2.45) is 0 Å². The number of hydrogen-bond acceptors (Lipinski definition) is 4.